The first-order valence-corrected chi connectivity index (χ1v) is 8.56. The van der Waals surface area contributed by atoms with Crippen LogP contribution in [0.2, 0.25) is 0 Å². The van der Waals surface area contributed by atoms with Crippen molar-refractivity contribution in [2.45, 2.75) is 24.7 Å². The van der Waals surface area contributed by atoms with Crippen LogP contribution in [0.1, 0.15) is 27.8 Å². The summed E-state index contributed by atoms with van der Waals surface area (Å²) in [6, 6.07) is 12.1. The van der Waals surface area contributed by atoms with Gasteiger partial charge in [0.1, 0.15) is 0 Å². The van der Waals surface area contributed by atoms with E-state index < -0.39 is 5.97 Å². The molecule has 0 saturated carbocycles. The van der Waals surface area contributed by atoms with Gasteiger partial charge in [0.05, 0.1) is 11.3 Å². The van der Waals surface area contributed by atoms with E-state index >= 15 is 0 Å². The first-order valence-electron chi connectivity index (χ1n) is 7.16. The molecule has 112 valence electrons. The Balaban J connectivity index is 2.05. The lowest BCUT2D eigenvalue weighted by atomic mass is 9.97. The van der Waals surface area contributed by atoms with E-state index in [4.69, 9.17) is 17.3 Å². The molecular formula is C18H16O2S2. The number of carbonyl (C=O) groups is 1. The molecular weight excluding hydrogens is 312 g/mol. The Hall–Kier alpha value is -1.65. The van der Waals surface area contributed by atoms with Crippen molar-refractivity contribution in [2.24, 2.45) is 0 Å². The summed E-state index contributed by atoms with van der Waals surface area (Å²) in [4.78, 5) is 13.0. The number of hydrogen-bond donors (Lipinski definition) is 1. The van der Waals surface area contributed by atoms with Gasteiger partial charge in [-0.05, 0) is 36.1 Å². The molecule has 0 aromatic heterocycles. The third kappa shape index (κ3) is 3.08. The molecule has 0 spiro atoms. The predicted octanol–water partition coefficient (Wildman–Crippen LogP) is 4.04. The number of hydrogen-bond acceptors (Lipinski definition) is 3. The molecule has 0 amide bonds. The number of rotatable bonds is 4. The minimum atomic E-state index is -0.808. The Kier molecular flexibility index (Phi) is 4.32. The normalized spacial score (nSPS) is 13.0. The fourth-order valence-corrected chi connectivity index (χ4v) is 4.23. The van der Waals surface area contributed by atoms with Crippen molar-refractivity contribution in [3.63, 3.8) is 0 Å². The zero-order valence-electron chi connectivity index (χ0n) is 12.3. The molecule has 1 aliphatic rings. The second-order valence-corrected chi connectivity index (χ2v) is 7.01. The maximum Gasteiger partial charge on any atom is 0.307 e. The van der Waals surface area contributed by atoms with Crippen LogP contribution in [0.15, 0.2) is 41.3 Å². The topological polar surface area (TPSA) is 37.3 Å². The molecule has 1 aliphatic heterocycles. The third-order valence-electron chi connectivity index (χ3n) is 3.76. The van der Waals surface area contributed by atoms with Gasteiger partial charge in [0.25, 0.3) is 0 Å². The van der Waals surface area contributed by atoms with Crippen LogP contribution in [0.4, 0.5) is 0 Å². The summed E-state index contributed by atoms with van der Waals surface area (Å²) in [6.07, 6.45) is 1.03. The van der Waals surface area contributed by atoms with E-state index in [0.29, 0.717) is 0 Å². The second kappa shape index (κ2) is 6.23. The fourth-order valence-electron chi connectivity index (χ4n) is 2.68. The molecule has 22 heavy (non-hydrogen) atoms. The quantitative estimate of drug-likeness (QED) is 0.679. The minimum absolute atomic E-state index is 0.0431. The number of carboxylic acids is 1. The lowest BCUT2D eigenvalue weighted by Gasteiger charge is -2.12. The van der Waals surface area contributed by atoms with Crippen molar-refractivity contribution < 1.29 is 9.90 Å². The number of aryl methyl sites for hydroxylation is 2. The van der Waals surface area contributed by atoms with E-state index in [2.05, 4.69) is 12.1 Å². The van der Waals surface area contributed by atoms with Gasteiger partial charge in [-0.1, -0.05) is 48.1 Å². The molecule has 1 N–H and O–H groups in total. The summed E-state index contributed by atoms with van der Waals surface area (Å²) in [7, 11) is 0. The van der Waals surface area contributed by atoms with Gasteiger partial charge in [0, 0.05) is 16.2 Å². The molecule has 2 nitrogen and oxygen atoms in total. The van der Waals surface area contributed by atoms with Gasteiger partial charge in [-0.15, -0.1) is 11.8 Å². The van der Waals surface area contributed by atoms with E-state index in [1.165, 1.54) is 16.0 Å². The highest BCUT2D eigenvalue weighted by atomic mass is 32.2. The van der Waals surface area contributed by atoms with E-state index in [0.717, 1.165) is 33.7 Å². The summed E-state index contributed by atoms with van der Waals surface area (Å²) >= 11 is 7.50. The Labute approximate surface area is 139 Å². The lowest BCUT2D eigenvalue weighted by molar-refractivity contribution is -0.136. The average molecular weight is 328 g/mol. The average Bonchev–Trinajstić information content (AvgIpc) is 2.94. The van der Waals surface area contributed by atoms with Crippen LogP contribution in [0.5, 0.6) is 0 Å². The largest absolute Gasteiger partial charge is 0.481 e. The molecule has 1 heterocycles. The molecule has 0 radical (unpaired) electrons. The standard InChI is InChI=1S/C18H16O2S2/c1-11-2-4-13(5-3-11)17(21)15-9-12(10-16(19)20)8-14-6-7-22-18(14)15/h2-5,8-9H,6-7,10H2,1H3,(H,19,20). The van der Waals surface area contributed by atoms with Crippen molar-refractivity contribution in [1.29, 1.82) is 0 Å². The minimum Gasteiger partial charge on any atom is -0.481 e. The number of carboxylic acid groups (broad SMARTS) is 1. The molecule has 2 aromatic rings. The van der Waals surface area contributed by atoms with Crippen molar-refractivity contribution in [2.75, 3.05) is 5.75 Å². The Morgan fingerprint density at radius 3 is 2.68 bits per heavy atom. The van der Waals surface area contributed by atoms with Crippen molar-refractivity contribution in [3.8, 4) is 0 Å². The van der Waals surface area contributed by atoms with Crippen molar-refractivity contribution >= 4 is 34.8 Å². The predicted molar refractivity (Wildman–Crippen MR) is 94.2 cm³/mol. The monoisotopic (exact) mass is 328 g/mol. The van der Waals surface area contributed by atoms with Crippen LogP contribution in [-0.4, -0.2) is 21.7 Å². The summed E-state index contributed by atoms with van der Waals surface area (Å²) in [5, 5.41) is 9.05. The van der Waals surface area contributed by atoms with Gasteiger partial charge in [-0.25, -0.2) is 0 Å². The van der Waals surface area contributed by atoms with Crippen LogP contribution < -0.4 is 0 Å². The molecule has 4 heteroatoms. The number of fused-ring (bicyclic) bond motifs is 1. The molecule has 0 fully saturated rings. The summed E-state index contributed by atoms with van der Waals surface area (Å²) < 4.78 is 0. The molecule has 2 aromatic carbocycles. The highest BCUT2D eigenvalue weighted by molar-refractivity contribution is 7.99. The van der Waals surface area contributed by atoms with Crippen LogP contribution in [0, 0.1) is 6.92 Å². The van der Waals surface area contributed by atoms with E-state index in [1.54, 1.807) is 0 Å². The molecule has 0 atom stereocenters. The number of thioether (sulfide) groups is 1. The maximum absolute atomic E-state index is 11.0. The number of benzene rings is 2. The SMILES string of the molecule is Cc1ccc(C(=S)c2cc(CC(=O)O)cc3c2SCC3)cc1. The highest BCUT2D eigenvalue weighted by Crippen LogP contribution is 2.36. The summed E-state index contributed by atoms with van der Waals surface area (Å²) in [6.45, 7) is 2.05. The fraction of sp³-hybridized carbons (Fsp3) is 0.222. The van der Waals surface area contributed by atoms with Gasteiger partial charge < -0.3 is 5.11 Å². The molecule has 0 aliphatic carbocycles. The Bertz CT molecular complexity index is 748. The molecule has 0 saturated heterocycles. The number of aliphatic carboxylic acids is 1. The summed E-state index contributed by atoms with van der Waals surface area (Å²) in [5.74, 6) is 0.229. The Morgan fingerprint density at radius 1 is 1.27 bits per heavy atom. The van der Waals surface area contributed by atoms with Gasteiger partial charge in [-0.3, -0.25) is 4.79 Å². The first kappa shape index (κ1) is 15.3. The molecule has 0 bridgehead atoms. The molecule has 3 rings (SSSR count). The van der Waals surface area contributed by atoms with Gasteiger partial charge >= 0.3 is 5.97 Å². The number of thiocarbonyl (C=S) groups is 1. The van der Waals surface area contributed by atoms with E-state index in [1.807, 2.05) is 43.0 Å². The van der Waals surface area contributed by atoms with Crippen LogP contribution in [0.3, 0.4) is 0 Å². The molecule has 0 unspecified atom stereocenters. The third-order valence-corrected chi connectivity index (χ3v) is 5.39. The zero-order valence-corrected chi connectivity index (χ0v) is 13.9. The Morgan fingerprint density at radius 2 is 2.00 bits per heavy atom. The van der Waals surface area contributed by atoms with E-state index in [-0.39, 0.29) is 6.42 Å². The zero-order chi connectivity index (χ0) is 15.7. The van der Waals surface area contributed by atoms with Gasteiger partial charge in [0.15, 0.2) is 0 Å². The smallest absolute Gasteiger partial charge is 0.307 e. The van der Waals surface area contributed by atoms with E-state index in [9.17, 15) is 4.79 Å². The van der Waals surface area contributed by atoms with Crippen LogP contribution in [-0.2, 0) is 17.6 Å². The van der Waals surface area contributed by atoms with Crippen molar-refractivity contribution in [3.05, 3.63) is 64.2 Å². The van der Waals surface area contributed by atoms with Crippen molar-refractivity contribution in [1.82, 2.24) is 0 Å². The van der Waals surface area contributed by atoms with Crippen LogP contribution in [0.25, 0.3) is 0 Å². The second-order valence-electron chi connectivity index (χ2n) is 5.50. The lowest BCUT2D eigenvalue weighted by Crippen LogP contribution is -2.06. The van der Waals surface area contributed by atoms with Crippen LogP contribution >= 0.6 is 24.0 Å². The van der Waals surface area contributed by atoms with Gasteiger partial charge in [-0.2, -0.15) is 0 Å². The van der Waals surface area contributed by atoms with Gasteiger partial charge in [0.2, 0.25) is 0 Å². The first-order chi connectivity index (χ1) is 10.5. The maximum atomic E-state index is 11.0. The highest BCUT2D eigenvalue weighted by Gasteiger charge is 2.20. The summed E-state index contributed by atoms with van der Waals surface area (Å²) in [5.41, 5.74) is 5.29.